The van der Waals surface area contributed by atoms with Gasteiger partial charge in [0, 0.05) is 16.1 Å². The normalized spacial score (nSPS) is 10.3. The van der Waals surface area contributed by atoms with E-state index in [2.05, 4.69) is 21.2 Å². The molecule has 98 valence electrons. The SMILES string of the molecule is Cc1cc(Br)ccc1C(=O)Nc1ccc(O)cc1F. The Morgan fingerprint density at radius 2 is 2.00 bits per heavy atom. The molecule has 0 aliphatic heterocycles. The molecule has 2 rings (SSSR count). The van der Waals surface area contributed by atoms with Gasteiger partial charge in [-0.15, -0.1) is 0 Å². The molecule has 0 saturated carbocycles. The standard InChI is InChI=1S/C14H11BrFNO2/c1-8-6-9(15)2-4-11(8)14(19)17-13-5-3-10(18)7-12(13)16/h2-7,18H,1H3,(H,17,19). The highest BCUT2D eigenvalue weighted by Crippen LogP contribution is 2.21. The van der Waals surface area contributed by atoms with Crippen molar-refractivity contribution in [3.63, 3.8) is 0 Å². The van der Waals surface area contributed by atoms with E-state index in [4.69, 9.17) is 5.11 Å². The Bertz CT molecular complexity index is 643. The molecule has 5 heteroatoms. The highest BCUT2D eigenvalue weighted by molar-refractivity contribution is 9.10. The van der Waals surface area contributed by atoms with Gasteiger partial charge in [0.1, 0.15) is 11.6 Å². The lowest BCUT2D eigenvalue weighted by molar-refractivity contribution is 0.102. The van der Waals surface area contributed by atoms with Crippen LogP contribution in [0.15, 0.2) is 40.9 Å². The van der Waals surface area contributed by atoms with Gasteiger partial charge >= 0.3 is 0 Å². The summed E-state index contributed by atoms with van der Waals surface area (Å²) in [6.45, 7) is 1.80. The molecule has 0 aliphatic carbocycles. The lowest BCUT2D eigenvalue weighted by Crippen LogP contribution is -2.14. The number of amides is 1. The van der Waals surface area contributed by atoms with Crippen LogP contribution in [0.1, 0.15) is 15.9 Å². The number of phenolic OH excluding ortho intramolecular Hbond substituents is 1. The monoisotopic (exact) mass is 323 g/mol. The van der Waals surface area contributed by atoms with Crippen LogP contribution >= 0.6 is 15.9 Å². The number of benzene rings is 2. The first kappa shape index (κ1) is 13.5. The van der Waals surface area contributed by atoms with Gasteiger partial charge < -0.3 is 10.4 Å². The Kier molecular flexibility index (Phi) is 3.85. The largest absolute Gasteiger partial charge is 0.508 e. The van der Waals surface area contributed by atoms with Crippen LogP contribution in [0.2, 0.25) is 0 Å². The molecular formula is C14H11BrFNO2. The number of phenols is 1. The summed E-state index contributed by atoms with van der Waals surface area (Å²) in [5.74, 6) is -1.26. The van der Waals surface area contributed by atoms with Gasteiger partial charge in [-0.05, 0) is 42.8 Å². The number of carbonyl (C=O) groups is 1. The van der Waals surface area contributed by atoms with Crippen LogP contribution in [0.25, 0.3) is 0 Å². The maximum atomic E-state index is 13.5. The third-order valence-corrected chi connectivity index (χ3v) is 3.13. The van der Waals surface area contributed by atoms with Crippen molar-refractivity contribution < 1.29 is 14.3 Å². The van der Waals surface area contributed by atoms with E-state index in [-0.39, 0.29) is 11.4 Å². The van der Waals surface area contributed by atoms with Crippen molar-refractivity contribution in [2.24, 2.45) is 0 Å². The van der Waals surface area contributed by atoms with Crippen LogP contribution in [-0.4, -0.2) is 11.0 Å². The van der Waals surface area contributed by atoms with Crippen LogP contribution in [0, 0.1) is 12.7 Å². The lowest BCUT2D eigenvalue weighted by Gasteiger charge is -2.09. The summed E-state index contributed by atoms with van der Waals surface area (Å²) < 4.78 is 14.4. The predicted octanol–water partition coefficient (Wildman–Crippen LogP) is 3.85. The minimum Gasteiger partial charge on any atom is -0.508 e. The molecule has 0 bridgehead atoms. The van der Waals surface area contributed by atoms with Gasteiger partial charge in [0.15, 0.2) is 0 Å². The van der Waals surface area contributed by atoms with E-state index in [9.17, 15) is 9.18 Å². The van der Waals surface area contributed by atoms with Crippen LogP contribution in [0.4, 0.5) is 10.1 Å². The fourth-order valence-electron chi connectivity index (χ4n) is 1.68. The quantitative estimate of drug-likeness (QED) is 0.824. The molecule has 2 aromatic carbocycles. The van der Waals surface area contributed by atoms with Crippen LogP contribution in [-0.2, 0) is 0 Å². The van der Waals surface area contributed by atoms with Crippen LogP contribution in [0.5, 0.6) is 5.75 Å². The molecule has 3 nitrogen and oxygen atoms in total. The van der Waals surface area contributed by atoms with E-state index < -0.39 is 11.7 Å². The molecule has 0 aliphatic rings. The third-order valence-electron chi connectivity index (χ3n) is 2.63. The average Bonchev–Trinajstić information content (AvgIpc) is 2.32. The molecule has 2 aromatic rings. The maximum Gasteiger partial charge on any atom is 0.256 e. The third kappa shape index (κ3) is 3.12. The number of hydrogen-bond acceptors (Lipinski definition) is 2. The topological polar surface area (TPSA) is 49.3 Å². The van der Waals surface area contributed by atoms with Gasteiger partial charge in [-0.2, -0.15) is 0 Å². The Labute approximate surface area is 118 Å². The van der Waals surface area contributed by atoms with Crippen molar-refractivity contribution in [2.75, 3.05) is 5.32 Å². The van der Waals surface area contributed by atoms with E-state index in [1.807, 2.05) is 6.07 Å². The Balaban J connectivity index is 2.25. The first-order valence-electron chi connectivity index (χ1n) is 5.53. The van der Waals surface area contributed by atoms with Gasteiger partial charge in [-0.3, -0.25) is 4.79 Å². The Hall–Kier alpha value is -1.88. The van der Waals surface area contributed by atoms with E-state index >= 15 is 0 Å². The molecule has 0 saturated heterocycles. The number of aryl methyl sites for hydroxylation is 1. The summed E-state index contributed by atoms with van der Waals surface area (Å²) in [6, 6.07) is 8.79. The van der Waals surface area contributed by atoms with Crippen molar-refractivity contribution in [2.45, 2.75) is 6.92 Å². The summed E-state index contributed by atoms with van der Waals surface area (Å²) in [5, 5.41) is 11.6. The van der Waals surface area contributed by atoms with E-state index in [0.717, 1.165) is 16.1 Å². The summed E-state index contributed by atoms with van der Waals surface area (Å²) in [7, 11) is 0. The molecule has 0 radical (unpaired) electrons. The van der Waals surface area contributed by atoms with Crippen molar-refractivity contribution >= 4 is 27.5 Å². The molecule has 0 unspecified atom stereocenters. The second-order valence-corrected chi connectivity index (χ2v) is 4.99. The molecular weight excluding hydrogens is 313 g/mol. The molecule has 0 atom stereocenters. The lowest BCUT2D eigenvalue weighted by atomic mass is 10.1. The van der Waals surface area contributed by atoms with Crippen LogP contribution < -0.4 is 5.32 Å². The first-order chi connectivity index (χ1) is 8.97. The first-order valence-corrected chi connectivity index (χ1v) is 6.32. The Morgan fingerprint density at radius 1 is 1.26 bits per heavy atom. The number of halogens is 2. The molecule has 0 aromatic heterocycles. The molecule has 0 fully saturated rings. The number of carbonyl (C=O) groups excluding carboxylic acids is 1. The average molecular weight is 324 g/mol. The molecule has 2 N–H and O–H groups in total. The number of aromatic hydroxyl groups is 1. The zero-order valence-electron chi connectivity index (χ0n) is 10.1. The molecule has 0 spiro atoms. The van der Waals surface area contributed by atoms with E-state index in [1.54, 1.807) is 19.1 Å². The van der Waals surface area contributed by atoms with Gasteiger partial charge in [0.05, 0.1) is 5.69 Å². The second kappa shape index (κ2) is 5.40. The van der Waals surface area contributed by atoms with E-state index in [0.29, 0.717) is 5.56 Å². The summed E-state index contributed by atoms with van der Waals surface area (Å²) in [5.41, 5.74) is 1.28. The molecule has 1 amide bonds. The fourth-order valence-corrected chi connectivity index (χ4v) is 2.15. The predicted molar refractivity (Wildman–Crippen MR) is 74.9 cm³/mol. The van der Waals surface area contributed by atoms with Gasteiger partial charge in [-0.1, -0.05) is 15.9 Å². The van der Waals surface area contributed by atoms with Crippen molar-refractivity contribution in [3.8, 4) is 5.75 Å². The minimum atomic E-state index is -0.678. The number of rotatable bonds is 2. The van der Waals surface area contributed by atoms with E-state index in [1.165, 1.54) is 12.1 Å². The minimum absolute atomic E-state index is 0.0325. The zero-order valence-corrected chi connectivity index (χ0v) is 11.7. The number of anilines is 1. The van der Waals surface area contributed by atoms with Crippen molar-refractivity contribution in [1.82, 2.24) is 0 Å². The van der Waals surface area contributed by atoms with Gasteiger partial charge in [0.2, 0.25) is 0 Å². The zero-order chi connectivity index (χ0) is 14.0. The van der Waals surface area contributed by atoms with Crippen molar-refractivity contribution in [1.29, 1.82) is 0 Å². The summed E-state index contributed by atoms with van der Waals surface area (Å²) >= 11 is 3.31. The highest BCUT2D eigenvalue weighted by Gasteiger charge is 2.12. The highest BCUT2D eigenvalue weighted by atomic mass is 79.9. The van der Waals surface area contributed by atoms with Crippen molar-refractivity contribution in [3.05, 3.63) is 57.8 Å². The molecule has 19 heavy (non-hydrogen) atoms. The number of hydrogen-bond donors (Lipinski definition) is 2. The summed E-state index contributed by atoms with van der Waals surface area (Å²) in [6.07, 6.45) is 0. The van der Waals surface area contributed by atoms with Gasteiger partial charge in [-0.25, -0.2) is 4.39 Å². The molecule has 0 heterocycles. The Morgan fingerprint density at radius 3 is 2.63 bits per heavy atom. The second-order valence-electron chi connectivity index (χ2n) is 4.08. The smallest absolute Gasteiger partial charge is 0.256 e. The van der Waals surface area contributed by atoms with Crippen LogP contribution in [0.3, 0.4) is 0 Å². The maximum absolute atomic E-state index is 13.5. The van der Waals surface area contributed by atoms with Gasteiger partial charge in [0.25, 0.3) is 5.91 Å². The summed E-state index contributed by atoms with van der Waals surface area (Å²) in [4.78, 5) is 12.0. The number of nitrogens with one attached hydrogen (secondary N) is 1. The fraction of sp³-hybridized carbons (Fsp3) is 0.0714.